The number of hydrogen-bond acceptors (Lipinski definition) is 4. The Hall–Kier alpha value is -1.56. The first kappa shape index (κ1) is 13.4. The highest BCUT2D eigenvalue weighted by Gasteiger charge is 2.49. The standard InChI is InChI=1S/C14H17NO4S/c1-2-19-12-5-3-11(4-6-12)15-13-9-20(17,18)8-10(13)7-14(15)16/h3-6,10,13H,2,7-9H2,1H3/t10-,13-/m0/s1. The van der Waals surface area contributed by atoms with Gasteiger partial charge >= 0.3 is 0 Å². The van der Waals surface area contributed by atoms with Gasteiger partial charge in [0.25, 0.3) is 0 Å². The van der Waals surface area contributed by atoms with Crippen LogP contribution in [-0.4, -0.2) is 38.5 Å². The second-order valence-electron chi connectivity index (χ2n) is 5.30. The Morgan fingerprint density at radius 3 is 2.60 bits per heavy atom. The van der Waals surface area contributed by atoms with Gasteiger partial charge in [-0.1, -0.05) is 0 Å². The zero-order valence-electron chi connectivity index (χ0n) is 11.3. The minimum absolute atomic E-state index is 0.0130. The molecule has 0 N–H and O–H groups in total. The Bertz CT molecular complexity index is 623. The molecule has 2 saturated heterocycles. The van der Waals surface area contributed by atoms with Gasteiger partial charge in [-0.3, -0.25) is 4.79 Å². The van der Waals surface area contributed by atoms with Gasteiger partial charge < -0.3 is 9.64 Å². The molecule has 3 rings (SSSR count). The molecule has 1 aromatic rings. The van der Waals surface area contributed by atoms with E-state index in [2.05, 4.69) is 0 Å². The molecule has 0 saturated carbocycles. The summed E-state index contributed by atoms with van der Waals surface area (Å²) >= 11 is 0. The summed E-state index contributed by atoms with van der Waals surface area (Å²) in [6.45, 7) is 2.50. The van der Waals surface area contributed by atoms with Gasteiger partial charge in [0.1, 0.15) is 5.75 Å². The van der Waals surface area contributed by atoms with Gasteiger partial charge in [0.2, 0.25) is 5.91 Å². The molecule has 0 spiro atoms. The van der Waals surface area contributed by atoms with E-state index >= 15 is 0 Å². The van der Waals surface area contributed by atoms with Gasteiger partial charge in [-0.05, 0) is 31.2 Å². The van der Waals surface area contributed by atoms with E-state index in [1.807, 2.05) is 31.2 Å². The zero-order valence-corrected chi connectivity index (χ0v) is 12.1. The molecule has 0 bridgehead atoms. The lowest BCUT2D eigenvalue weighted by Gasteiger charge is -2.23. The predicted octanol–water partition coefficient (Wildman–Crippen LogP) is 1.24. The number of ether oxygens (including phenoxy) is 1. The van der Waals surface area contributed by atoms with Crippen LogP contribution in [0, 0.1) is 5.92 Å². The van der Waals surface area contributed by atoms with Crippen molar-refractivity contribution in [3.63, 3.8) is 0 Å². The molecular weight excluding hydrogens is 278 g/mol. The highest BCUT2D eigenvalue weighted by Crippen LogP contribution is 2.37. The molecule has 0 radical (unpaired) electrons. The molecule has 108 valence electrons. The Kier molecular flexibility index (Phi) is 3.20. The minimum atomic E-state index is -3.01. The molecule has 2 fully saturated rings. The van der Waals surface area contributed by atoms with Gasteiger partial charge in [-0.15, -0.1) is 0 Å². The fraction of sp³-hybridized carbons (Fsp3) is 0.500. The monoisotopic (exact) mass is 295 g/mol. The largest absolute Gasteiger partial charge is 0.494 e. The first-order valence-corrected chi connectivity index (χ1v) is 8.57. The van der Waals surface area contributed by atoms with E-state index in [0.29, 0.717) is 13.0 Å². The molecule has 0 unspecified atom stereocenters. The number of rotatable bonds is 3. The number of fused-ring (bicyclic) bond motifs is 1. The summed E-state index contributed by atoms with van der Waals surface area (Å²) in [7, 11) is -3.01. The molecule has 2 aliphatic heterocycles. The quantitative estimate of drug-likeness (QED) is 0.841. The number of sulfone groups is 1. The maximum Gasteiger partial charge on any atom is 0.227 e. The molecule has 0 aliphatic carbocycles. The van der Waals surface area contributed by atoms with Gasteiger partial charge in [0, 0.05) is 18.0 Å². The first-order valence-electron chi connectivity index (χ1n) is 6.75. The highest BCUT2D eigenvalue weighted by molar-refractivity contribution is 7.91. The lowest BCUT2D eigenvalue weighted by atomic mass is 10.0. The summed E-state index contributed by atoms with van der Waals surface area (Å²) in [5.74, 6) is 0.921. The third-order valence-corrected chi connectivity index (χ3v) is 5.69. The number of carbonyl (C=O) groups excluding carboxylic acids is 1. The van der Waals surface area contributed by atoms with E-state index in [0.717, 1.165) is 11.4 Å². The predicted molar refractivity (Wildman–Crippen MR) is 75.6 cm³/mol. The third-order valence-electron chi connectivity index (χ3n) is 3.90. The topological polar surface area (TPSA) is 63.7 Å². The molecule has 2 atom stereocenters. The summed E-state index contributed by atoms with van der Waals surface area (Å²) in [5, 5.41) is 0. The molecular formula is C14H17NO4S. The van der Waals surface area contributed by atoms with Crippen LogP contribution in [0.5, 0.6) is 5.75 Å². The van der Waals surface area contributed by atoms with E-state index in [4.69, 9.17) is 4.74 Å². The number of nitrogens with zero attached hydrogens (tertiary/aromatic N) is 1. The summed E-state index contributed by atoms with van der Waals surface area (Å²) in [6, 6.07) is 7.04. The fourth-order valence-corrected chi connectivity index (χ4v) is 5.16. The van der Waals surface area contributed by atoms with E-state index in [9.17, 15) is 13.2 Å². The van der Waals surface area contributed by atoms with Crippen molar-refractivity contribution < 1.29 is 17.9 Å². The van der Waals surface area contributed by atoms with Crippen LogP contribution < -0.4 is 9.64 Å². The molecule has 20 heavy (non-hydrogen) atoms. The molecule has 2 aliphatic rings. The molecule has 2 heterocycles. The Balaban J connectivity index is 1.87. The van der Waals surface area contributed by atoms with Crippen LogP contribution in [0.3, 0.4) is 0 Å². The van der Waals surface area contributed by atoms with Gasteiger partial charge in [-0.25, -0.2) is 8.42 Å². The SMILES string of the molecule is CCOc1ccc(N2C(=O)C[C@H]3CS(=O)(=O)C[C@@H]32)cc1. The van der Waals surface area contributed by atoms with Crippen molar-refractivity contribution in [3.8, 4) is 5.75 Å². The Morgan fingerprint density at radius 2 is 1.95 bits per heavy atom. The fourth-order valence-electron chi connectivity index (χ4n) is 3.09. The number of benzene rings is 1. The maximum atomic E-state index is 12.1. The van der Waals surface area contributed by atoms with Crippen molar-refractivity contribution in [2.45, 2.75) is 19.4 Å². The van der Waals surface area contributed by atoms with E-state index in [-0.39, 0.29) is 29.4 Å². The summed E-state index contributed by atoms with van der Waals surface area (Å²) < 4.78 is 28.8. The van der Waals surface area contributed by atoms with Crippen molar-refractivity contribution in [1.82, 2.24) is 0 Å². The molecule has 5 nitrogen and oxygen atoms in total. The van der Waals surface area contributed by atoms with Crippen molar-refractivity contribution in [3.05, 3.63) is 24.3 Å². The second-order valence-corrected chi connectivity index (χ2v) is 7.45. The average molecular weight is 295 g/mol. The van der Waals surface area contributed by atoms with Crippen LogP contribution in [-0.2, 0) is 14.6 Å². The lowest BCUT2D eigenvalue weighted by molar-refractivity contribution is -0.117. The van der Waals surface area contributed by atoms with Crippen LogP contribution in [0.4, 0.5) is 5.69 Å². The lowest BCUT2D eigenvalue weighted by Crippen LogP contribution is -2.36. The number of carbonyl (C=O) groups is 1. The smallest absolute Gasteiger partial charge is 0.227 e. The minimum Gasteiger partial charge on any atom is -0.494 e. The molecule has 0 aromatic heterocycles. The van der Waals surface area contributed by atoms with Gasteiger partial charge in [0.15, 0.2) is 9.84 Å². The van der Waals surface area contributed by atoms with Crippen LogP contribution in [0.1, 0.15) is 13.3 Å². The maximum absolute atomic E-state index is 12.1. The van der Waals surface area contributed by atoms with Crippen molar-refractivity contribution in [1.29, 1.82) is 0 Å². The molecule has 1 amide bonds. The van der Waals surface area contributed by atoms with Crippen molar-refractivity contribution >= 4 is 21.4 Å². The van der Waals surface area contributed by atoms with Gasteiger partial charge in [-0.2, -0.15) is 0 Å². The van der Waals surface area contributed by atoms with Crippen LogP contribution in [0.25, 0.3) is 0 Å². The second kappa shape index (κ2) is 4.77. The first-order chi connectivity index (χ1) is 9.50. The van der Waals surface area contributed by atoms with E-state index in [1.54, 1.807) is 4.90 Å². The molecule has 6 heteroatoms. The number of amides is 1. The van der Waals surface area contributed by atoms with Crippen LogP contribution >= 0.6 is 0 Å². The zero-order chi connectivity index (χ0) is 14.3. The normalized spacial score (nSPS) is 27.6. The molecule has 1 aromatic carbocycles. The number of anilines is 1. The third kappa shape index (κ3) is 2.28. The van der Waals surface area contributed by atoms with Crippen molar-refractivity contribution in [2.24, 2.45) is 5.92 Å². The average Bonchev–Trinajstić information content (AvgIpc) is 2.81. The summed E-state index contributed by atoms with van der Waals surface area (Å²) in [5.41, 5.74) is 0.753. The van der Waals surface area contributed by atoms with E-state index < -0.39 is 9.84 Å². The highest BCUT2D eigenvalue weighted by atomic mass is 32.2. The van der Waals surface area contributed by atoms with Crippen LogP contribution in [0.15, 0.2) is 24.3 Å². The Morgan fingerprint density at radius 1 is 1.25 bits per heavy atom. The Labute approximate surface area is 118 Å². The summed E-state index contributed by atoms with van der Waals surface area (Å²) in [4.78, 5) is 13.8. The van der Waals surface area contributed by atoms with Gasteiger partial charge in [0.05, 0.1) is 24.2 Å². The van der Waals surface area contributed by atoms with Crippen LogP contribution in [0.2, 0.25) is 0 Å². The van der Waals surface area contributed by atoms with E-state index in [1.165, 1.54) is 0 Å². The summed E-state index contributed by atoms with van der Waals surface area (Å²) in [6.07, 6.45) is 0.330. The number of hydrogen-bond donors (Lipinski definition) is 0. The van der Waals surface area contributed by atoms with Crippen molar-refractivity contribution in [2.75, 3.05) is 23.0 Å².